The molecule has 27 heavy (non-hydrogen) atoms. The van der Waals surface area contributed by atoms with Gasteiger partial charge in [-0.15, -0.1) is 0 Å². The highest BCUT2D eigenvalue weighted by molar-refractivity contribution is 6.30. The van der Waals surface area contributed by atoms with Gasteiger partial charge >= 0.3 is 5.56 Å². The molecule has 0 radical (unpaired) electrons. The first-order valence-electron chi connectivity index (χ1n) is 9.01. The Morgan fingerprint density at radius 1 is 1.26 bits per heavy atom. The van der Waals surface area contributed by atoms with E-state index in [4.69, 9.17) is 16.3 Å². The number of fused-ring (bicyclic) bond motifs is 1. The van der Waals surface area contributed by atoms with Gasteiger partial charge in [0.2, 0.25) is 5.91 Å². The monoisotopic (exact) mass is 391 g/mol. The zero-order valence-corrected chi connectivity index (χ0v) is 15.4. The number of hydrogen-bond donors (Lipinski definition) is 0. The van der Waals surface area contributed by atoms with Crippen LogP contribution in [0.25, 0.3) is 0 Å². The Labute approximate surface area is 160 Å². The molecule has 1 amide bonds. The summed E-state index contributed by atoms with van der Waals surface area (Å²) in [7, 11) is 0. The van der Waals surface area contributed by atoms with E-state index in [0.717, 1.165) is 25.9 Å². The predicted molar refractivity (Wildman–Crippen MR) is 97.4 cm³/mol. The van der Waals surface area contributed by atoms with Gasteiger partial charge in [0, 0.05) is 13.1 Å². The van der Waals surface area contributed by atoms with Gasteiger partial charge in [0.25, 0.3) is 5.88 Å². The summed E-state index contributed by atoms with van der Waals surface area (Å²) in [5.74, 6) is -0.532. The van der Waals surface area contributed by atoms with Crippen LogP contribution in [0.3, 0.4) is 0 Å². The van der Waals surface area contributed by atoms with Crippen molar-refractivity contribution in [1.29, 1.82) is 0 Å². The molecular weight excluding hydrogens is 373 g/mol. The van der Waals surface area contributed by atoms with Crippen LogP contribution in [0.5, 0.6) is 5.88 Å². The van der Waals surface area contributed by atoms with Gasteiger partial charge in [0.1, 0.15) is 18.5 Å². The van der Waals surface area contributed by atoms with Crippen molar-refractivity contribution in [3.8, 4) is 5.88 Å². The van der Waals surface area contributed by atoms with E-state index in [1.807, 2.05) is 0 Å². The number of likely N-dealkylation sites (tertiary alicyclic amines) is 1. The highest BCUT2D eigenvalue weighted by Gasteiger charge is 2.36. The number of benzene rings is 1. The van der Waals surface area contributed by atoms with Crippen molar-refractivity contribution in [2.24, 2.45) is 0 Å². The molecule has 0 N–H and O–H groups in total. The first-order valence-corrected chi connectivity index (χ1v) is 9.39. The molecule has 142 valence electrons. The van der Waals surface area contributed by atoms with E-state index in [1.165, 1.54) is 16.7 Å². The predicted octanol–water partition coefficient (Wildman–Crippen LogP) is 2.72. The van der Waals surface area contributed by atoms with Crippen molar-refractivity contribution in [3.63, 3.8) is 0 Å². The standard InChI is InChI=1S/C19H19ClFN3O3/c20-16-14-7-8-15(18(25)23-9-1-2-10-23)24(14)19(26)17(22-16)27-11-12-3-5-13(21)6-4-12/h3-6,15H,1-2,7-11H2/t15-/m0/s1. The Bertz CT molecular complexity index is 923. The molecule has 4 rings (SSSR count). The molecule has 1 atom stereocenters. The molecule has 1 aromatic carbocycles. The Kier molecular flexibility index (Phi) is 4.86. The summed E-state index contributed by atoms with van der Waals surface area (Å²) in [4.78, 5) is 31.6. The van der Waals surface area contributed by atoms with Crippen molar-refractivity contribution in [1.82, 2.24) is 14.5 Å². The van der Waals surface area contributed by atoms with Crippen LogP contribution in [-0.2, 0) is 17.8 Å². The van der Waals surface area contributed by atoms with Gasteiger partial charge in [-0.2, -0.15) is 4.98 Å². The average molecular weight is 392 g/mol. The van der Waals surface area contributed by atoms with Crippen molar-refractivity contribution in [3.05, 3.63) is 56.8 Å². The summed E-state index contributed by atoms with van der Waals surface area (Å²) >= 11 is 6.25. The van der Waals surface area contributed by atoms with Crippen LogP contribution in [0.15, 0.2) is 29.1 Å². The number of aromatic nitrogens is 2. The molecule has 1 aromatic heterocycles. The molecule has 0 unspecified atom stereocenters. The van der Waals surface area contributed by atoms with Crippen LogP contribution >= 0.6 is 11.6 Å². The lowest BCUT2D eigenvalue weighted by Crippen LogP contribution is -2.38. The van der Waals surface area contributed by atoms with Gasteiger partial charge in [0.05, 0.1) is 5.69 Å². The summed E-state index contributed by atoms with van der Waals surface area (Å²) in [6.45, 7) is 1.52. The number of amides is 1. The fourth-order valence-corrected chi connectivity index (χ4v) is 3.95. The molecule has 6 nitrogen and oxygen atoms in total. The normalized spacial score (nSPS) is 18.6. The molecule has 1 fully saturated rings. The zero-order chi connectivity index (χ0) is 19.0. The lowest BCUT2D eigenvalue weighted by molar-refractivity contribution is -0.133. The minimum Gasteiger partial charge on any atom is -0.469 e. The fraction of sp³-hybridized carbons (Fsp3) is 0.421. The first-order chi connectivity index (χ1) is 13.0. The van der Waals surface area contributed by atoms with Crippen LogP contribution in [0.1, 0.15) is 36.6 Å². The van der Waals surface area contributed by atoms with E-state index >= 15 is 0 Å². The number of halogens is 2. The molecule has 1 saturated heterocycles. The summed E-state index contributed by atoms with van der Waals surface area (Å²) < 4.78 is 20.0. The van der Waals surface area contributed by atoms with Crippen molar-refractivity contribution < 1.29 is 13.9 Å². The smallest absolute Gasteiger partial charge is 0.314 e. The second-order valence-electron chi connectivity index (χ2n) is 6.83. The van der Waals surface area contributed by atoms with Crippen LogP contribution in [-0.4, -0.2) is 33.4 Å². The maximum Gasteiger partial charge on any atom is 0.314 e. The third-order valence-corrected chi connectivity index (χ3v) is 5.39. The van der Waals surface area contributed by atoms with Crippen LogP contribution in [0, 0.1) is 5.82 Å². The van der Waals surface area contributed by atoms with Crippen LogP contribution < -0.4 is 10.3 Å². The van der Waals surface area contributed by atoms with E-state index in [9.17, 15) is 14.0 Å². The quantitative estimate of drug-likeness (QED) is 0.803. The van der Waals surface area contributed by atoms with Crippen LogP contribution in [0.4, 0.5) is 4.39 Å². The fourth-order valence-electron chi connectivity index (χ4n) is 3.69. The molecule has 2 aliphatic heterocycles. The van der Waals surface area contributed by atoms with E-state index in [0.29, 0.717) is 24.1 Å². The Balaban J connectivity index is 1.60. The number of carbonyl (C=O) groups excluding carboxylic acids is 1. The second-order valence-corrected chi connectivity index (χ2v) is 7.19. The van der Waals surface area contributed by atoms with Crippen molar-refractivity contribution >= 4 is 17.5 Å². The number of carbonyl (C=O) groups is 1. The average Bonchev–Trinajstić information content (AvgIpc) is 3.34. The zero-order valence-electron chi connectivity index (χ0n) is 14.7. The van der Waals surface area contributed by atoms with E-state index in [2.05, 4.69) is 4.98 Å². The summed E-state index contributed by atoms with van der Waals surface area (Å²) in [5.41, 5.74) is 0.823. The Morgan fingerprint density at radius 2 is 1.96 bits per heavy atom. The van der Waals surface area contributed by atoms with Gasteiger partial charge in [-0.05, 0) is 43.4 Å². The topological polar surface area (TPSA) is 64.4 Å². The number of nitrogens with zero attached hydrogens (tertiary/aromatic N) is 3. The van der Waals surface area contributed by atoms with E-state index in [-0.39, 0.29) is 29.4 Å². The minimum absolute atomic E-state index is 0.0416. The molecule has 8 heteroatoms. The van der Waals surface area contributed by atoms with Gasteiger partial charge < -0.3 is 9.64 Å². The van der Waals surface area contributed by atoms with Crippen molar-refractivity contribution in [2.45, 2.75) is 38.3 Å². The highest BCUT2D eigenvalue weighted by Crippen LogP contribution is 2.31. The van der Waals surface area contributed by atoms with E-state index < -0.39 is 11.6 Å². The maximum atomic E-state index is 13.0. The molecule has 2 aliphatic rings. The van der Waals surface area contributed by atoms with Crippen LogP contribution in [0.2, 0.25) is 5.15 Å². The Hall–Kier alpha value is -2.41. The molecular formula is C19H19ClFN3O3. The largest absolute Gasteiger partial charge is 0.469 e. The Morgan fingerprint density at radius 3 is 2.67 bits per heavy atom. The van der Waals surface area contributed by atoms with E-state index in [1.54, 1.807) is 17.0 Å². The molecule has 0 aliphatic carbocycles. The summed E-state index contributed by atoms with van der Waals surface area (Å²) in [6, 6.07) is 5.22. The third-order valence-electron chi connectivity index (χ3n) is 5.09. The van der Waals surface area contributed by atoms with Gasteiger partial charge in [0.15, 0.2) is 5.15 Å². The van der Waals surface area contributed by atoms with Gasteiger partial charge in [-0.3, -0.25) is 14.2 Å². The molecule has 0 bridgehead atoms. The lowest BCUT2D eigenvalue weighted by atomic mass is 10.2. The number of rotatable bonds is 4. The molecule has 3 heterocycles. The van der Waals surface area contributed by atoms with Crippen molar-refractivity contribution in [2.75, 3.05) is 13.1 Å². The molecule has 2 aromatic rings. The summed E-state index contributed by atoms with van der Waals surface area (Å²) in [6.07, 6.45) is 3.05. The number of ether oxygens (including phenoxy) is 1. The van der Waals surface area contributed by atoms with Gasteiger partial charge in [-0.25, -0.2) is 4.39 Å². The molecule has 0 saturated carbocycles. The number of hydrogen-bond acceptors (Lipinski definition) is 4. The van der Waals surface area contributed by atoms with Gasteiger partial charge in [-0.1, -0.05) is 23.7 Å². The first kappa shape index (κ1) is 18.0. The second kappa shape index (κ2) is 7.31. The lowest BCUT2D eigenvalue weighted by Gasteiger charge is -2.22. The highest BCUT2D eigenvalue weighted by atomic mass is 35.5. The summed E-state index contributed by atoms with van der Waals surface area (Å²) in [5, 5.41) is 0.181. The maximum absolute atomic E-state index is 13.0. The SMILES string of the molecule is O=C([C@@H]1CCc2c(Cl)nc(OCc3ccc(F)cc3)c(=O)n21)N1CCCC1. The molecule has 0 spiro atoms. The third kappa shape index (κ3) is 3.43. The minimum atomic E-state index is -0.556.